The molecule has 0 radical (unpaired) electrons. The number of thiophene rings is 1. The summed E-state index contributed by atoms with van der Waals surface area (Å²) in [5.74, 6) is 1.54. The van der Waals surface area contributed by atoms with E-state index in [0.717, 1.165) is 17.2 Å². The van der Waals surface area contributed by atoms with E-state index in [9.17, 15) is 4.79 Å². The van der Waals surface area contributed by atoms with E-state index in [2.05, 4.69) is 18.5 Å². The molecular weight excluding hydrogens is 240 g/mol. The third-order valence-corrected chi connectivity index (χ3v) is 4.21. The molecule has 0 saturated carbocycles. The fourth-order valence-electron chi connectivity index (χ4n) is 1.31. The van der Waals surface area contributed by atoms with E-state index in [-0.39, 0.29) is 5.91 Å². The summed E-state index contributed by atoms with van der Waals surface area (Å²) in [6.07, 6.45) is 2.07. The average molecular weight is 258 g/mol. The predicted molar refractivity (Wildman–Crippen MR) is 73.3 cm³/mol. The molecular formula is C11H18N2OS2. The lowest BCUT2D eigenvalue weighted by Gasteiger charge is -2.10. The highest BCUT2D eigenvalue weighted by Crippen LogP contribution is 2.23. The van der Waals surface area contributed by atoms with Crippen LogP contribution in [0, 0.1) is 12.8 Å². The van der Waals surface area contributed by atoms with Gasteiger partial charge < -0.3 is 11.1 Å². The normalized spacial score (nSPS) is 12.4. The number of hydrogen-bond donors (Lipinski definition) is 2. The standard InChI is InChI=1S/C11H18N2OS2/c1-7(6-15-3)5-13-11(14)10-4-9(12)8(2)16-10/h4,7H,5-6,12H2,1-3H3,(H,13,14). The Balaban J connectivity index is 2.46. The van der Waals surface area contributed by atoms with Gasteiger partial charge in [0.25, 0.3) is 5.91 Å². The number of thioether (sulfide) groups is 1. The minimum atomic E-state index is -0.0160. The van der Waals surface area contributed by atoms with Gasteiger partial charge >= 0.3 is 0 Å². The summed E-state index contributed by atoms with van der Waals surface area (Å²) < 4.78 is 0. The molecule has 0 aromatic carbocycles. The van der Waals surface area contributed by atoms with Crippen molar-refractivity contribution < 1.29 is 4.79 Å². The highest BCUT2D eigenvalue weighted by Gasteiger charge is 2.11. The van der Waals surface area contributed by atoms with Crippen molar-refractivity contribution in [1.82, 2.24) is 5.32 Å². The second-order valence-corrected chi connectivity index (χ2v) is 6.06. The van der Waals surface area contributed by atoms with Crippen LogP contribution in [0.25, 0.3) is 0 Å². The Morgan fingerprint density at radius 1 is 1.69 bits per heavy atom. The number of nitrogens with two attached hydrogens (primary N) is 1. The number of hydrogen-bond acceptors (Lipinski definition) is 4. The maximum absolute atomic E-state index is 11.8. The van der Waals surface area contributed by atoms with Gasteiger partial charge in [0, 0.05) is 17.1 Å². The van der Waals surface area contributed by atoms with Crippen molar-refractivity contribution in [3.8, 4) is 0 Å². The van der Waals surface area contributed by atoms with Crippen LogP contribution in [0.15, 0.2) is 6.07 Å². The summed E-state index contributed by atoms with van der Waals surface area (Å²) in [7, 11) is 0. The Bertz CT molecular complexity index is 343. The van der Waals surface area contributed by atoms with E-state index in [1.807, 2.05) is 6.92 Å². The second-order valence-electron chi connectivity index (χ2n) is 3.89. The van der Waals surface area contributed by atoms with Gasteiger partial charge in [-0.2, -0.15) is 11.8 Å². The topological polar surface area (TPSA) is 55.1 Å². The minimum Gasteiger partial charge on any atom is -0.398 e. The molecule has 0 bridgehead atoms. The van der Waals surface area contributed by atoms with Crippen LogP contribution < -0.4 is 11.1 Å². The molecule has 0 spiro atoms. The first kappa shape index (κ1) is 13.4. The fraction of sp³-hybridized carbons (Fsp3) is 0.545. The molecule has 1 rings (SSSR count). The lowest BCUT2D eigenvalue weighted by molar-refractivity contribution is 0.0953. The van der Waals surface area contributed by atoms with Crippen LogP contribution in [0.3, 0.4) is 0 Å². The maximum atomic E-state index is 11.8. The molecule has 1 atom stereocenters. The number of anilines is 1. The van der Waals surface area contributed by atoms with Crippen LogP contribution in [-0.4, -0.2) is 24.5 Å². The van der Waals surface area contributed by atoms with E-state index < -0.39 is 0 Å². The number of nitrogen functional groups attached to an aromatic ring is 1. The summed E-state index contributed by atoms with van der Waals surface area (Å²) in [5, 5.41) is 2.93. The minimum absolute atomic E-state index is 0.0160. The Labute approximate surface area is 105 Å². The van der Waals surface area contributed by atoms with Gasteiger partial charge in [-0.1, -0.05) is 6.92 Å². The molecule has 0 aliphatic carbocycles. The lowest BCUT2D eigenvalue weighted by Crippen LogP contribution is -2.28. The molecule has 1 aromatic heterocycles. The molecule has 0 aliphatic rings. The molecule has 1 heterocycles. The van der Waals surface area contributed by atoms with Gasteiger partial charge in [-0.05, 0) is 30.9 Å². The maximum Gasteiger partial charge on any atom is 0.261 e. The van der Waals surface area contributed by atoms with Crippen LogP contribution >= 0.6 is 23.1 Å². The zero-order chi connectivity index (χ0) is 12.1. The highest BCUT2D eigenvalue weighted by molar-refractivity contribution is 7.98. The van der Waals surface area contributed by atoms with Crippen molar-refractivity contribution in [3.05, 3.63) is 15.8 Å². The van der Waals surface area contributed by atoms with Crippen LogP contribution in [0.4, 0.5) is 5.69 Å². The molecule has 5 heteroatoms. The van der Waals surface area contributed by atoms with Crippen molar-refractivity contribution in [2.75, 3.05) is 24.3 Å². The van der Waals surface area contributed by atoms with Crippen molar-refractivity contribution in [2.24, 2.45) is 5.92 Å². The summed E-state index contributed by atoms with van der Waals surface area (Å²) in [6.45, 7) is 4.77. The first-order chi connectivity index (χ1) is 7.54. The summed E-state index contributed by atoms with van der Waals surface area (Å²) in [6, 6.07) is 1.74. The van der Waals surface area contributed by atoms with Gasteiger partial charge in [-0.25, -0.2) is 0 Å². The number of carbonyl (C=O) groups excluding carboxylic acids is 1. The SMILES string of the molecule is CSCC(C)CNC(=O)c1cc(N)c(C)s1. The van der Waals surface area contributed by atoms with E-state index >= 15 is 0 Å². The summed E-state index contributed by atoms with van der Waals surface area (Å²) in [4.78, 5) is 13.5. The number of aryl methyl sites for hydroxylation is 1. The second kappa shape index (κ2) is 6.15. The third kappa shape index (κ3) is 3.72. The van der Waals surface area contributed by atoms with Crippen LogP contribution in [0.1, 0.15) is 21.5 Å². The van der Waals surface area contributed by atoms with Crippen LogP contribution in [-0.2, 0) is 0 Å². The monoisotopic (exact) mass is 258 g/mol. The number of nitrogens with one attached hydrogen (secondary N) is 1. The number of amides is 1. The molecule has 0 saturated heterocycles. The molecule has 1 aromatic rings. The van der Waals surface area contributed by atoms with Gasteiger partial charge in [0.1, 0.15) is 0 Å². The zero-order valence-corrected chi connectivity index (χ0v) is 11.5. The van der Waals surface area contributed by atoms with Gasteiger partial charge in [0.2, 0.25) is 0 Å². The Morgan fingerprint density at radius 2 is 2.38 bits per heavy atom. The first-order valence-electron chi connectivity index (χ1n) is 5.17. The molecule has 1 amide bonds. The fourth-order valence-corrected chi connectivity index (χ4v) is 2.85. The van der Waals surface area contributed by atoms with Crippen molar-refractivity contribution in [2.45, 2.75) is 13.8 Å². The first-order valence-corrected chi connectivity index (χ1v) is 7.38. The lowest BCUT2D eigenvalue weighted by atomic mass is 10.2. The van der Waals surface area contributed by atoms with Crippen molar-refractivity contribution in [1.29, 1.82) is 0 Å². The molecule has 3 nitrogen and oxygen atoms in total. The molecule has 90 valence electrons. The Hall–Kier alpha value is -0.680. The van der Waals surface area contributed by atoms with Gasteiger partial charge in [0.15, 0.2) is 0 Å². The molecule has 1 unspecified atom stereocenters. The quantitative estimate of drug-likeness (QED) is 0.852. The summed E-state index contributed by atoms with van der Waals surface area (Å²) >= 11 is 3.24. The molecule has 16 heavy (non-hydrogen) atoms. The van der Waals surface area contributed by atoms with E-state index in [4.69, 9.17) is 5.73 Å². The predicted octanol–water partition coefficient (Wildman–Crippen LogP) is 2.37. The van der Waals surface area contributed by atoms with Crippen molar-refractivity contribution >= 4 is 34.7 Å². The van der Waals surface area contributed by atoms with E-state index in [0.29, 0.717) is 16.5 Å². The Morgan fingerprint density at radius 3 is 2.88 bits per heavy atom. The van der Waals surface area contributed by atoms with Crippen LogP contribution in [0.5, 0.6) is 0 Å². The molecule has 3 N–H and O–H groups in total. The van der Waals surface area contributed by atoms with Gasteiger partial charge in [-0.3, -0.25) is 4.79 Å². The number of rotatable bonds is 5. The third-order valence-electron chi connectivity index (χ3n) is 2.24. The average Bonchev–Trinajstić information content (AvgIpc) is 2.56. The van der Waals surface area contributed by atoms with E-state index in [1.54, 1.807) is 17.8 Å². The zero-order valence-electron chi connectivity index (χ0n) is 9.87. The van der Waals surface area contributed by atoms with Gasteiger partial charge in [-0.15, -0.1) is 11.3 Å². The largest absolute Gasteiger partial charge is 0.398 e. The highest BCUT2D eigenvalue weighted by atomic mass is 32.2. The van der Waals surface area contributed by atoms with Gasteiger partial charge in [0.05, 0.1) is 4.88 Å². The summed E-state index contributed by atoms with van der Waals surface area (Å²) in [5.41, 5.74) is 6.41. The Kier molecular flexibility index (Phi) is 5.15. The molecule has 0 aliphatic heterocycles. The van der Waals surface area contributed by atoms with Crippen molar-refractivity contribution in [3.63, 3.8) is 0 Å². The number of carbonyl (C=O) groups is 1. The van der Waals surface area contributed by atoms with Crippen LogP contribution in [0.2, 0.25) is 0 Å². The smallest absolute Gasteiger partial charge is 0.261 e. The molecule has 0 fully saturated rings. The van der Waals surface area contributed by atoms with E-state index in [1.165, 1.54) is 11.3 Å².